The van der Waals surface area contributed by atoms with Crippen molar-refractivity contribution >= 4 is 0 Å². The van der Waals surface area contributed by atoms with E-state index in [4.69, 9.17) is 5.73 Å². The van der Waals surface area contributed by atoms with Crippen molar-refractivity contribution in [2.45, 2.75) is 51.2 Å². The van der Waals surface area contributed by atoms with E-state index in [9.17, 15) is 0 Å². The van der Waals surface area contributed by atoms with Crippen molar-refractivity contribution in [2.24, 2.45) is 5.73 Å². The molecule has 2 aliphatic rings. The first-order chi connectivity index (χ1) is 4.86. The lowest BCUT2D eigenvalue weighted by molar-refractivity contribution is 0.502. The summed E-state index contributed by atoms with van der Waals surface area (Å²) in [7, 11) is 0. The minimum atomic E-state index is 0.466. The van der Waals surface area contributed by atoms with Crippen molar-refractivity contribution in [3.8, 4) is 0 Å². The summed E-state index contributed by atoms with van der Waals surface area (Å²) in [5.74, 6) is 0. The highest BCUT2D eigenvalue weighted by Crippen LogP contribution is 2.26. The second-order valence-corrected chi connectivity index (χ2v) is 2.95. The maximum absolute atomic E-state index is 5.76. The predicted octanol–water partition coefficient (Wildman–Crippen LogP) is 0.864. The lowest BCUT2D eigenvalue weighted by Crippen LogP contribution is -2.33. The number of nitrogens with one attached hydrogen (secondary N) is 1. The van der Waals surface area contributed by atoms with Gasteiger partial charge in [-0.15, -0.1) is 0 Å². The van der Waals surface area contributed by atoms with Gasteiger partial charge in [0.1, 0.15) is 0 Å². The molecule has 2 aliphatic heterocycles. The Labute approximate surface area is 63.2 Å². The maximum Gasteiger partial charge on any atom is 0.0222 e. The molecule has 0 aliphatic carbocycles. The second kappa shape index (κ2) is 3.35. The number of fused-ring (bicyclic) bond motifs is 2. The molecule has 2 nitrogen and oxygen atoms in total. The van der Waals surface area contributed by atoms with Gasteiger partial charge in [0.25, 0.3) is 0 Å². The summed E-state index contributed by atoms with van der Waals surface area (Å²) in [5.41, 5.74) is 5.76. The Kier molecular flexibility index (Phi) is 2.69. The van der Waals surface area contributed by atoms with Crippen molar-refractivity contribution in [3.63, 3.8) is 0 Å². The van der Waals surface area contributed by atoms with Crippen LogP contribution in [0.25, 0.3) is 0 Å². The van der Waals surface area contributed by atoms with Crippen LogP contribution in [0.1, 0.15) is 33.1 Å². The fourth-order valence-electron chi connectivity index (χ4n) is 1.87. The van der Waals surface area contributed by atoms with Gasteiger partial charge in [0.15, 0.2) is 0 Å². The van der Waals surface area contributed by atoms with Gasteiger partial charge in [-0.3, -0.25) is 0 Å². The third-order valence-electron chi connectivity index (χ3n) is 2.35. The Bertz CT molecular complexity index is 101. The Hall–Kier alpha value is -0.0800. The van der Waals surface area contributed by atoms with Gasteiger partial charge in [-0.25, -0.2) is 0 Å². The number of hydrogen-bond donors (Lipinski definition) is 2. The molecular weight excluding hydrogens is 124 g/mol. The van der Waals surface area contributed by atoms with E-state index in [0.29, 0.717) is 12.1 Å². The van der Waals surface area contributed by atoms with Crippen LogP contribution < -0.4 is 11.1 Å². The molecule has 2 rings (SSSR count). The maximum atomic E-state index is 5.76. The highest BCUT2D eigenvalue weighted by Gasteiger charge is 2.36. The second-order valence-electron chi connectivity index (χ2n) is 2.95. The normalized spacial score (nSPS) is 42.9. The van der Waals surface area contributed by atoms with Gasteiger partial charge in [0.2, 0.25) is 0 Å². The lowest BCUT2D eigenvalue weighted by atomic mass is 9.97. The number of rotatable bonds is 0. The molecule has 2 fully saturated rings. The van der Waals surface area contributed by atoms with E-state index in [1.54, 1.807) is 0 Å². The molecule has 0 saturated carbocycles. The molecule has 0 aromatic rings. The summed E-state index contributed by atoms with van der Waals surface area (Å²) in [6.45, 7) is 4.00. The summed E-state index contributed by atoms with van der Waals surface area (Å²) in [6.07, 6.45) is 3.88. The minimum absolute atomic E-state index is 0.466. The fourth-order valence-corrected chi connectivity index (χ4v) is 1.87. The van der Waals surface area contributed by atoms with Crippen molar-refractivity contribution < 1.29 is 0 Å². The largest absolute Gasteiger partial charge is 0.326 e. The average Bonchev–Trinajstić information content (AvgIpc) is 2.52. The van der Waals surface area contributed by atoms with Crippen LogP contribution in [0, 0.1) is 0 Å². The number of nitrogens with two attached hydrogens (primary N) is 1. The molecule has 0 aromatic carbocycles. The Morgan fingerprint density at radius 2 is 2.00 bits per heavy atom. The average molecular weight is 142 g/mol. The summed E-state index contributed by atoms with van der Waals surface area (Å²) < 4.78 is 0. The van der Waals surface area contributed by atoms with Gasteiger partial charge in [-0.1, -0.05) is 13.8 Å². The minimum Gasteiger partial charge on any atom is -0.326 e. The van der Waals surface area contributed by atoms with Crippen molar-refractivity contribution in [1.29, 1.82) is 0 Å². The topological polar surface area (TPSA) is 38.0 Å². The van der Waals surface area contributed by atoms with Crippen LogP contribution in [0.5, 0.6) is 0 Å². The molecule has 60 valence electrons. The van der Waals surface area contributed by atoms with Crippen LogP contribution in [0.15, 0.2) is 0 Å². The molecule has 2 bridgehead atoms. The molecule has 3 atom stereocenters. The van der Waals surface area contributed by atoms with Crippen LogP contribution in [-0.2, 0) is 0 Å². The monoisotopic (exact) mass is 142 g/mol. The summed E-state index contributed by atoms with van der Waals surface area (Å²) in [4.78, 5) is 0. The summed E-state index contributed by atoms with van der Waals surface area (Å²) in [6, 6.07) is 1.91. The van der Waals surface area contributed by atoms with Gasteiger partial charge < -0.3 is 11.1 Å². The fraction of sp³-hybridized carbons (Fsp3) is 1.00. The molecule has 3 N–H and O–H groups in total. The smallest absolute Gasteiger partial charge is 0.0222 e. The Morgan fingerprint density at radius 1 is 1.30 bits per heavy atom. The molecule has 0 amide bonds. The van der Waals surface area contributed by atoms with E-state index in [1.807, 2.05) is 13.8 Å². The van der Waals surface area contributed by atoms with Crippen LogP contribution in [0.3, 0.4) is 0 Å². The van der Waals surface area contributed by atoms with E-state index in [2.05, 4.69) is 5.32 Å². The highest BCUT2D eigenvalue weighted by atomic mass is 15.1. The van der Waals surface area contributed by atoms with E-state index in [-0.39, 0.29) is 0 Å². The van der Waals surface area contributed by atoms with E-state index in [1.165, 1.54) is 19.3 Å². The van der Waals surface area contributed by atoms with E-state index >= 15 is 0 Å². The third kappa shape index (κ3) is 1.32. The molecular formula is C8H18N2. The standard InChI is InChI=1S/C6H12N2.C2H6/c7-5-3-4-1-2-6(5)8-4;1-2/h4-6,8H,1-3,7H2;1-2H3/t4-,5+,6+;/m1./s1. The first kappa shape index (κ1) is 8.02. The highest BCUT2D eigenvalue weighted by molar-refractivity contribution is 4.99. The molecule has 0 radical (unpaired) electrons. The first-order valence-electron chi connectivity index (χ1n) is 4.38. The molecule has 2 saturated heterocycles. The molecule has 0 spiro atoms. The van der Waals surface area contributed by atoms with Crippen molar-refractivity contribution in [1.82, 2.24) is 5.32 Å². The quantitative estimate of drug-likeness (QED) is 0.526. The summed E-state index contributed by atoms with van der Waals surface area (Å²) in [5, 5.41) is 3.45. The van der Waals surface area contributed by atoms with E-state index in [0.717, 1.165) is 6.04 Å². The molecule has 0 aromatic heterocycles. The summed E-state index contributed by atoms with van der Waals surface area (Å²) >= 11 is 0. The van der Waals surface area contributed by atoms with Crippen LogP contribution in [-0.4, -0.2) is 18.1 Å². The first-order valence-corrected chi connectivity index (χ1v) is 4.38. The molecule has 2 heteroatoms. The molecule has 2 heterocycles. The van der Waals surface area contributed by atoms with Crippen LogP contribution in [0.2, 0.25) is 0 Å². The van der Waals surface area contributed by atoms with Gasteiger partial charge in [-0.2, -0.15) is 0 Å². The van der Waals surface area contributed by atoms with Gasteiger partial charge >= 0.3 is 0 Å². The van der Waals surface area contributed by atoms with E-state index < -0.39 is 0 Å². The van der Waals surface area contributed by atoms with Crippen molar-refractivity contribution in [2.75, 3.05) is 0 Å². The van der Waals surface area contributed by atoms with Crippen LogP contribution in [0.4, 0.5) is 0 Å². The SMILES string of the molecule is CC.N[C@H]1C[C@H]2CC[C@@H]1N2. The van der Waals surface area contributed by atoms with Crippen molar-refractivity contribution in [3.05, 3.63) is 0 Å². The lowest BCUT2D eigenvalue weighted by Gasteiger charge is -2.13. The molecule has 10 heavy (non-hydrogen) atoms. The predicted molar refractivity (Wildman–Crippen MR) is 43.9 cm³/mol. The van der Waals surface area contributed by atoms with Gasteiger partial charge in [0.05, 0.1) is 0 Å². The zero-order chi connectivity index (χ0) is 7.56. The Morgan fingerprint density at radius 3 is 2.20 bits per heavy atom. The number of hydrogen-bond acceptors (Lipinski definition) is 2. The zero-order valence-electron chi connectivity index (χ0n) is 6.93. The van der Waals surface area contributed by atoms with Gasteiger partial charge in [-0.05, 0) is 19.3 Å². The Balaban J connectivity index is 0.000000231. The van der Waals surface area contributed by atoms with Gasteiger partial charge in [0, 0.05) is 18.1 Å². The molecule has 0 unspecified atom stereocenters. The third-order valence-corrected chi connectivity index (χ3v) is 2.35. The zero-order valence-corrected chi connectivity index (χ0v) is 6.93. The van der Waals surface area contributed by atoms with Crippen LogP contribution >= 0.6 is 0 Å².